The normalized spacial score (nSPS) is 28.8. The average molecular weight is 332 g/mol. The first-order valence-corrected chi connectivity index (χ1v) is 8.30. The van der Waals surface area contributed by atoms with Crippen molar-refractivity contribution < 1.29 is 38.5 Å². The number of phosphoric ester groups is 1. The zero-order chi connectivity index (χ0) is 16.5. The number of ketones is 1. The molecule has 1 fully saturated rings. The monoisotopic (exact) mass is 332 g/mol. The number of phosphoric acid groups is 1. The summed E-state index contributed by atoms with van der Waals surface area (Å²) in [6.45, 7) is 1.07. The van der Waals surface area contributed by atoms with Crippen LogP contribution in [0.5, 0.6) is 0 Å². The minimum absolute atomic E-state index is 0.122. The Kier molecular flexibility index (Phi) is 5.11. The molecule has 1 aliphatic rings. The van der Waals surface area contributed by atoms with Gasteiger partial charge in [0.2, 0.25) is 0 Å². The lowest BCUT2D eigenvalue weighted by atomic mass is 10.1. The van der Waals surface area contributed by atoms with Crippen LogP contribution in [0.4, 0.5) is 0 Å². The first-order valence-electron chi connectivity index (χ1n) is 6.77. The first kappa shape index (κ1) is 17.2. The summed E-state index contributed by atoms with van der Waals surface area (Å²) in [5, 5.41) is 20.1. The first-order chi connectivity index (χ1) is 10.2. The molecule has 22 heavy (non-hydrogen) atoms. The summed E-state index contributed by atoms with van der Waals surface area (Å²) in [5.41, 5.74) is 0.471. The minimum atomic E-state index is -4.62. The number of hydrogen-bond acceptors (Lipinski definition) is 5. The van der Waals surface area contributed by atoms with Gasteiger partial charge >= 0.3 is 7.82 Å². The number of pyridine rings is 1. The van der Waals surface area contributed by atoms with Gasteiger partial charge in [0.15, 0.2) is 24.2 Å². The molecule has 4 atom stereocenters. The zero-order valence-corrected chi connectivity index (χ0v) is 12.8. The van der Waals surface area contributed by atoms with Crippen molar-refractivity contribution in [2.24, 2.45) is 5.92 Å². The number of aliphatic hydroxyl groups excluding tert-OH is 2. The van der Waals surface area contributed by atoms with Crippen molar-refractivity contribution in [2.45, 2.75) is 31.6 Å². The summed E-state index contributed by atoms with van der Waals surface area (Å²) in [6, 6.07) is 2.81. The second-order valence-corrected chi connectivity index (χ2v) is 6.67. The zero-order valence-electron chi connectivity index (χ0n) is 11.9. The van der Waals surface area contributed by atoms with Crippen molar-refractivity contribution in [3.63, 3.8) is 0 Å². The lowest BCUT2D eigenvalue weighted by Crippen LogP contribution is -2.45. The minimum Gasteiger partial charge on any atom is -0.390 e. The van der Waals surface area contributed by atoms with Gasteiger partial charge in [-0.1, -0.05) is 0 Å². The number of nitrogens with zero attached hydrogens (tertiary/aromatic N) is 1. The van der Waals surface area contributed by atoms with Crippen LogP contribution in [0, 0.1) is 5.92 Å². The highest BCUT2D eigenvalue weighted by Crippen LogP contribution is 2.40. The van der Waals surface area contributed by atoms with E-state index < -0.39 is 32.0 Å². The van der Waals surface area contributed by atoms with E-state index in [0.29, 0.717) is 5.56 Å². The molecule has 1 aromatic rings. The van der Waals surface area contributed by atoms with Crippen LogP contribution in [0.1, 0.15) is 29.7 Å². The number of Topliss-reactive ketones (excluding diaryl/α,β-unsaturated/α-hetero) is 1. The molecule has 122 valence electrons. The fraction of sp³-hybridized carbons (Fsp3) is 0.538. The van der Waals surface area contributed by atoms with Crippen LogP contribution in [0.2, 0.25) is 0 Å². The molecule has 8 nitrogen and oxygen atoms in total. The van der Waals surface area contributed by atoms with Crippen molar-refractivity contribution in [3.05, 3.63) is 30.1 Å². The summed E-state index contributed by atoms with van der Waals surface area (Å²) < 4.78 is 16.8. The van der Waals surface area contributed by atoms with E-state index in [1.807, 2.05) is 0 Å². The molecule has 0 aliphatic heterocycles. The number of aliphatic hydroxyl groups is 2. The van der Waals surface area contributed by atoms with Gasteiger partial charge in [0, 0.05) is 18.4 Å². The lowest BCUT2D eigenvalue weighted by Gasteiger charge is -2.15. The van der Waals surface area contributed by atoms with Gasteiger partial charge in [0.1, 0.15) is 6.10 Å². The van der Waals surface area contributed by atoms with Crippen LogP contribution in [0.15, 0.2) is 24.5 Å². The van der Waals surface area contributed by atoms with Crippen molar-refractivity contribution in [2.75, 3.05) is 6.61 Å². The summed E-state index contributed by atoms with van der Waals surface area (Å²) in [7, 11) is -4.62. The molecule has 0 aromatic carbocycles. The number of rotatable bonds is 5. The molecular formula is C13H19NO7P+. The molecule has 0 bridgehead atoms. The van der Waals surface area contributed by atoms with E-state index in [-0.39, 0.29) is 18.8 Å². The van der Waals surface area contributed by atoms with E-state index in [9.17, 15) is 19.6 Å². The highest BCUT2D eigenvalue weighted by atomic mass is 31.2. The molecular weight excluding hydrogens is 313 g/mol. The van der Waals surface area contributed by atoms with Gasteiger partial charge in [-0.3, -0.25) is 9.32 Å². The van der Waals surface area contributed by atoms with Crippen LogP contribution < -0.4 is 4.57 Å². The lowest BCUT2D eigenvalue weighted by molar-refractivity contribution is -0.728. The molecule has 1 aromatic heterocycles. The van der Waals surface area contributed by atoms with Crippen molar-refractivity contribution >= 4 is 13.6 Å². The third kappa shape index (κ3) is 3.98. The fourth-order valence-electron chi connectivity index (χ4n) is 2.66. The Hall–Kier alpha value is -1.15. The number of carbonyl (C=O) groups excluding carboxylic acids is 1. The predicted octanol–water partition coefficient (Wildman–Crippen LogP) is -0.431. The maximum atomic E-state index is 11.4. The summed E-state index contributed by atoms with van der Waals surface area (Å²) in [6.07, 6.45) is 1.24. The molecule has 1 saturated carbocycles. The third-order valence-electron chi connectivity index (χ3n) is 3.84. The van der Waals surface area contributed by atoms with Gasteiger partial charge in [-0.15, -0.1) is 0 Å². The largest absolute Gasteiger partial charge is 0.469 e. The van der Waals surface area contributed by atoms with Crippen molar-refractivity contribution in [1.82, 2.24) is 0 Å². The summed E-state index contributed by atoms with van der Waals surface area (Å²) in [5.74, 6) is -0.732. The Balaban J connectivity index is 2.14. The Labute approximate surface area is 127 Å². The van der Waals surface area contributed by atoms with E-state index in [1.54, 1.807) is 29.1 Å². The SMILES string of the molecule is CC(=O)c1ccc[n+](C2CC(COP(=O)(O)O)C(O)C2O)c1. The quantitative estimate of drug-likeness (QED) is 0.327. The van der Waals surface area contributed by atoms with E-state index in [2.05, 4.69) is 4.52 Å². The predicted molar refractivity (Wildman–Crippen MR) is 73.8 cm³/mol. The van der Waals surface area contributed by atoms with E-state index in [0.717, 1.165) is 0 Å². The van der Waals surface area contributed by atoms with Crippen molar-refractivity contribution in [3.8, 4) is 0 Å². The number of hydrogen-bond donors (Lipinski definition) is 4. The molecule has 0 saturated heterocycles. The topological polar surface area (TPSA) is 128 Å². The maximum Gasteiger partial charge on any atom is 0.469 e. The average Bonchev–Trinajstić information content (AvgIpc) is 2.72. The number of carbonyl (C=O) groups is 1. The van der Waals surface area contributed by atoms with E-state index >= 15 is 0 Å². The second kappa shape index (κ2) is 6.54. The molecule has 1 heterocycles. The third-order valence-corrected chi connectivity index (χ3v) is 4.33. The maximum absolute atomic E-state index is 11.4. The second-order valence-electron chi connectivity index (χ2n) is 5.43. The van der Waals surface area contributed by atoms with Gasteiger partial charge in [-0.05, 0) is 13.0 Å². The van der Waals surface area contributed by atoms with Crippen LogP contribution in [0.3, 0.4) is 0 Å². The van der Waals surface area contributed by atoms with Gasteiger partial charge in [-0.2, -0.15) is 4.57 Å². The molecule has 9 heteroatoms. The standard InChI is InChI=1S/C13H18NO7P/c1-8(15)9-3-2-4-14(6-9)11-5-10(12(16)13(11)17)7-21-22(18,19)20/h2-4,6,10-13,16-17H,5,7H2,1H3,(H-,18,19,20)/p+1. The van der Waals surface area contributed by atoms with Gasteiger partial charge in [0.25, 0.3) is 0 Å². The van der Waals surface area contributed by atoms with Gasteiger partial charge < -0.3 is 20.0 Å². The smallest absolute Gasteiger partial charge is 0.390 e. The van der Waals surface area contributed by atoms with Crippen LogP contribution in [-0.4, -0.2) is 44.6 Å². The Morgan fingerprint density at radius 3 is 2.68 bits per heavy atom. The molecule has 0 radical (unpaired) electrons. The van der Waals surface area contributed by atoms with Crippen LogP contribution in [-0.2, 0) is 9.09 Å². The van der Waals surface area contributed by atoms with Crippen LogP contribution in [0.25, 0.3) is 0 Å². The molecule has 0 spiro atoms. The fourth-order valence-corrected chi connectivity index (χ4v) is 3.05. The van der Waals surface area contributed by atoms with Gasteiger partial charge in [0.05, 0.1) is 18.3 Å². The highest BCUT2D eigenvalue weighted by Gasteiger charge is 2.47. The van der Waals surface area contributed by atoms with Crippen LogP contribution >= 0.6 is 7.82 Å². The molecule has 4 N–H and O–H groups in total. The Bertz CT molecular complexity index is 602. The van der Waals surface area contributed by atoms with Gasteiger partial charge in [-0.25, -0.2) is 4.57 Å². The number of aromatic nitrogens is 1. The highest BCUT2D eigenvalue weighted by molar-refractivity contribution is 7.46. The van der Waals surface area contributed by atoms with E-state index in [4.69, 9.17) is 9.79 Å². The summed E-state index contributed by atoms with van der Waals surface area (Å²) in [4.78, 5) is 28.8. The molecule has 2 rings (SSSR count). The van der Waals surface area contributed by atoms with Crippen molar-refractivity contribution in [1.29, 1.82) is 0 Å². The molecule has 0 amide bonds. The molecule has 1 aliphatic carbocycles. The van der Waals surface area contributed by atoms with E-state index in [1.165, 1.54) is 6.92 Å². The Morgan fingerprint density at radius 2 is 2.09 bits per heavy atom. The summed E-state index contributed by atoms with van der Waals surface area (Å²) >= 11 is 0. The molecule has 4 unspecified atom stereocenters. The Morgan fingerprint density at radius 1 is 1.41 bits per heavy atom.